The van der Waals surface area contributed by atoms with E-state index in [-0.39, 0.29) is 0 Å². The van der Waals surface area contributed by atoms with Crippen LogP contribution in [0.5, 0.6) is 0 Å². The third-order valence-electron chi connectivity index (χ3n) is 2.37. The van der Waals surface area contributed by atoms with E-state index in [0.29, 0.717) is 12.0 Å². The van der Waals surface area contributed by atoms with Gasteiger partial charge in [0.25, 0.3) is 0 Å². The van der Waals surface area contributed by atoms with Gasteiger partial charge in [-0.25, -0.2) is 0 Å². The first-order valence-corrected chi connectivity index (χ1v) is 5.66. The molecule has 0 heterocycles. The van der Waals surface area contributed by atoms with Crippen molar-refractivity contribution in [1.82, 2.24) is 4.90 Å². The van der Waals surface area contributed by atoms with Crippen molar-refractivity contribution in [2.24, 2.45) is 5.92 Å². The monoisotopic (exact) mass is 207 g/mol. The first-order chi connectivity index (χ1) is 7.04. The van der Waals surface area contributed by atoms with E-state index in [1.54, 1.807) is 0 Å². The molecule has 0 aromatic rings. The standard InChI is InChI=1S/C14H25N/c1-7-9-11-13(10-8-2)14(12(3)4)15(5)6/h7-12,14H,1-6H3/b9-7-,10-8-,13-11+. The highest BCUT2D eigenvalue weighted by atomic mass is 15.1. The maximum Gasteiger partial charge on any atom is 0.0364 e. The lowest BCUT2D eigenvalue weighted by Crippen LogP contribution is -2.34. The van der Waals surface area contributed by atoms with Crippen molar-refractivity contribution >= 4 is 0 Å². The molecule has 0 N–H and O–H groups in total. The van der Waals surface area contributed by atoms with Gasteiger partial charge >= 0.3 is 0 Å². The fourth-order valence-corrected chi connectivity index (χ4v) is 1.93. The summed E-state index contributed by atoms with van der Waals surface area (Å²) in [5, 5.41) is 0. The zero-order valence-corrected chi connectivity index (χ0v) is 11.0. The van der Waals surface area contributed by atoms with Crippen molar-refractivity contribution in [3.05, 3.63) is 36.0 Å². The van der Waals surface area contributed by atoms with Gasteiger partial charge in [-0.15, -0.1) is 0 Å². The minimum absolute atomic E-state index is 0.484. The van der Waals surface area contributed by atoms with Gasteiger partial charge in [-0.1, -0.05) is 44.2 Å². The van der Waals surface area contributed by atoms with Crippen LogP contribution >= 0.6 is 0 Å². The molecule has 1 heteroatoms. The summed E-state index contributed by atoms with van der Waals surface area (Å²) >= 11 is 0. The van der Waals surface area contributed by atoms with E-state index in [4.69, 9.17) is 0 Å². The molecule has 0 aliphatic carbocycles. The number of nitrogens with zero attached hydrogens (tertiary/aromatic N) is 1. The molecule has 0 amide bonds. The molecule has 0 radical (unpaired) electrons. The highest BCUT2D eigenvalue weighted by Crippen LogP contribution is 2.18. The van der Waals surface area contributed by atoms with E-state index in [1.165, 1.54) is 5.57 Å². The molecular formula is C14H25N. The van der Waals surface area contributed by atoms with Crippen molar-refractivity contribution < 1.29 is 0 Å². The highest BCUT2D eigenvalue weighted by Gasteiger charge is 2.17. The molecule has 0 aromatic carbocycles. The average Bonchev–Trinajstić information content (AvgIpc) is 2.13. The molecular weight excluding hydrogens is 182 g/mol. The van der Waals surface area contributed by atoms with Crippen LogP contribution in [-0.4, -0.2) is 25.0 Å². The summed E-state index contributed by atoms with van der Waals surface area (Å²) in [5.74, 6) is 0.618. The second kappa shape index (κ2) is 7.47. The molecule has 1 nitrogen and oxygen atoms in total. The van der Waals surface area contributed by atoms with Crippen molar-refractivity contribution in [2.45, 2.75) is 33.7 Å². The van der Waals surface area contributed by atoms with E-state index >= 15 is 0 Å². The maximum atomic E-state index is 2.28. The second-order valence-corrected chi connectivity index (χ2v) is 4.34. The Hall–Kier alpha value is -0.820. The summed E-state index contributed by atoms with van der Waals surface area (Å²) in [7, 11) is 4.27. The van der Waals surface area contributed by atoms with Crippen LogP contribution in [0.4, 0.5) is 0 Å². The lowest BCUT2D eigenvalue weighted by Gasteiger charge is -2.29. The Bertz CT molecular complexity index is 236. The lowest BCUT2D eigenvalue weighted by atomic mass is 9.94. The van der Waals surface area contributed by atoms with Crippen molar-refractivity contribution in [2.75, 3.05) is 14.1 Å². The molecule has 0 rings (SSSR count). The summed E-state index contributed by atoms with van der Waals surface area (Å²) in [5.41, 5.74) is 1.37. The van der Waals surface area contributed by atoms with E-state index in [9.17, 15) is 0 Å². The van der Waals surface area contributed by atoms with Gasteiger partial charge in [-0.2, -0.15) is 0 Å². The Morgan fingerprint density at radius 2 is 1.67 bits per heavy atom. The first-order valence-electron chi connectivity index (χ1n) is 5.66. The summed E-state index contributed by atoms with van der Waals surface area (Å²) in [6.07, 6.45) is 10.7. The normalized spacial score (nSPS) is 16.1. The van der Waals surface area contributed by atoms with Crippen LogP contribution in [0.2, 0.25) is 0 Å². The fraction of sp³-hybridized carbons (Fsp3) is 0.571. The topological polar surface area (TPSA) is 3.24 Å². The van der Waals surface area contributed by atoms with Gasteiger partial charge in [0.05, 0.1) is 0 Å². The minimum Gasteiger partial charge on any atom is -0.302 e. The number of likely N-dealkylation sites (N-methyl/N-ethyl adjacent to an activating group) is 1. The molecule has 1 unspecified atom stereocenters. The van der Waals surface area contributed by atoms with Crippen LogP contribution in [0, 0.1) is 5.92 Å². The lowest BCUT2D eigenvalue weighted by molar-refractivity contribution is 0.271. The highest BCUT2D eigenvalue weighted by molar-refractivity contribution is 5.29. The smallest absolute Gasteiger partial charge is 0.0364 e. The van der Waals surface area contributed by atoms with Crippen molar-refractivity contribution in [3.8, 4) is 0 Å². The van der Waals surface area contributed by atoms with E-state index in [2.05, 4.69) is 70.1 Å². The molecule has 0 aliphatic heterocycles. The minimum atomic E-state index is 0.484. The summed E-state index contributed by atoms with van der Waals surface area (Å²) in [4.78, 5) is 2.28. The summed E-state index contributed by atoms with van der Waals surface area (Å²) < 4.78 is 0. The molecule has 0 bridgehead atoms. The van der Waals surface area contributed by atoms with Crippen LogP contribution < -0.4 is 0 Å². The van der Waals surface area contributed by atoms with Crippen molar-refractivity contribution in [1.29, 1.82) is 0 Å². The molecule has 0 saturated heterocycles. The van der Waals surface area contributed by atoms with Crippen LogP contribution in [0.25, 0.3) is 0 Å². The molecule has 0 saturated carbocycles. The quantitative estimate of drug-likeness (QED) is 0.622. The molecule has 15 heavy (non-hydrogen) atoms. The summed E-state index contributed by atoms with van der Waals surface area (Å²) in [6.45, 7) is 8.63. The van der Waals surface area contributed by atoms with Crippen LogP contribution in [-0.2, 0) is 0 Å². The molecule has 0 fully saturated rings. The fourth-order valence-electron chi connectivity index (χ4n) is 1.93. The Morgan fingerprint density at radius 1 is 1.07 bits per heavy atom. The number of allylic oxidation sites excluding steroid dienone is 4. The van der Waals surface area contributed by atoms with E-state index in [1.807, 2.05) is 6.92 Å². The molecule has 1 atom stereocenters. The zero-order chi connectivity index (χ0) is 11.8. The first kappa shape index (κ1) is 14.2. The van der Waals surface area contributed by atoms with Gasteiger partial charge in [-0.3, -0.25) is 0 Å². The van der Waals surface area contributed by atoms with Gasteiger partial charge in [0.2, 0.25) is 0 Å². The van der Waals surface area contributed by atoms with Gasteiger partial charge in [0.15, 0.2) is 0 Å². The number of hydrogen-bond acceptors (Lipinski definition) is 1. The average molecular weight is 207 g/mol. The van der Waals surface area contributed by atoms with Gasteiger partial charge < -0.3 is 4.90 Å². The third-order valence-corrected chi connectivity index (χ3v) is 2.37. The van der Waals surface area contributed by atoms with Crippen LogP contribution in [0.1, 0.15) is 27.7 Å². The second-order valence-electron chi connectivity index (χ2n) is 4.34. The molecule has 0 aromatic heterocycles. The van der Waals surface area contributed by atoms with E-state index in [0.717, 1.165) is 0 Å². The maximum absolute atomic E-state index is 2.28. The van der Waals surface area contributed by atoms with Crippen LogP contribution in [0.3, 0.4) is 0 Å². The number of rotatable bonds is 5. The predicted molar refractivity (Wildman–Crippen MR) is 70.0 cm³/mol. The molecule has 0 spiro atoms. The Morgan fingerprint density at radius 3 is 2.00 bits per heavy atom. The summed E-state index contributed by atoms with van der Waals surface area (Å²) in [6, 6.07) is 0.484. The SMILES string of the molecule is C\C=C/C=C(\C=C/C)C(C(C)C)N(C)C. The van der Waals surface area contributed by atoms with E-state index < -0.39 is 0 Å². The zero-order valence-electron chi connectivity index (χ0n) is 11.0. The van der Waals surface area contributed by atoms with Crippen molar-refractivity contribution in [3.63, 3.8) is 0 Å². The van der Waals surface area contributed by atoms with Gasteiger partial charge in [0, 0.05) is 6.04 Å². The molecule has 0 aliphatic rings. The Balaban J connectivity index is 5.00. The van der Waals surface area contributed by atoms with Gasteiger partial charge in [0.1, 0.15) is 0 Å². The Labute approximate surface area is 95.2 Å². The van der Waals surface area contributed by atoms with Gasteiger partial charge in [-0.05, 0) is 39.4 Å². The predicted octanol–water partition coefficient (Wildman–Crippen LogP) is 3.65. The van der Waals surface area contributed by atoms with Crippen LogP contribution in [0.15, 0.2) is 36.0 Å². The molecule has 86 valence electrons. The third kappa shape index (κ3) is 4.98. The number of hydrogen-bond donors (Lipinski definition) is 0. The largest absolute Gasteiger partial charge is 0.302 e. The Kier molecular flexibility index (Phi) is 7.06.